The highest BCUT2D eigenvalue weighted by Crippen LogP contribution is 2.08. The number of ether oxygens (including phenoxy) is 2. The normalized spacial score (nSPS) is 22.7. The van der Waals surface area contributed by atoms with Gasteiger partial charge in [0.05, 0.1) is 19.8 Å². The topological polar surface area (TPSA) is 21.8 Å². The first-order valence-electron chi connectivity index (χ1n) is 3.63. The number of epoxide rings is 1. The monoisotopic (exact) mass is 142 g/mol. The van der Waals surface area contributed by atoms with Gasteiger partial charge < -0.3 is 9.47 Å². The highest BCUT2D eigenvalue weighted by atomic mass is 16.6. The molecule has 0 amide bonds. The van der Waals surface area contributed by atoms with Crippen LogP contribution in [-0.2, 0) is 9.47 Å². The molecule has 0 aromatic heterocycles. The van der Waals surface area contributed by atoms with Crippen LogP contribution in [0.4, 0.5) is 0 Å². The van der Waals surface area contributed by atoms with Gasteiger partial charge in [-0.15, -0.1) is 6.58 Å². The van der Waals surface area contributed by atoms with Crippen molar-refractivity contribution in [2.45, 2.75) is 19.4 Å². The summed E-state index contributed by atoms with van der Waals surface area (Å²) in [6.45, 7) is 8.21. The maximum absolute atomic E-state index is 5.28. The Kier molecular flexibility index (Phi) is 2.90. The first-order valence-corrected chi connectivity index (χ1v) is 3.63. The van der Waals surface area contributed by atoms with Gasteiger partial charge in [0.25, 0.3) is 0 Å². The van der Waals surface area contributed by atoms with E-state index in [2.05, 4.69) is 6.58 Å². The van der Waals surface area contributed by atoms with Crippen molar-refractivity contribution in [1.29, 1.82) is 0 Å². The lowest BCUT2D eigenvalue weighted by molar-refractivity contribution is 0.119. The highest BCUT2D eigenvalue weighted by Gasteiger charge is 2.21. The molecule has 0 bridgehead atoms. The Morgan fingerprint density at radius 2 is 2.50 bits per heavy atom. The summed E-state index contributed by atoms with van der Waals surface area (Å²) >= 11 is 0. The summed E-state index contributed by atoms with van der Waals surface area (Å²) in [6, 6.07) is 0. The third-order valence-corrected chi connectivity index (χ3v) is 1.38. The molecule has 1 rings (SSSR count). The maximum Gasteiger partial charge on any atom is 0.104 e. The molecule has 1 aliphatic rings. The summed E-state index contributed by atoms with van der Waals surface area (Å²) in [5, 5.41) is 0. The van der Waals surface area contributed by atoms with Crippen LogP contribution in [-0.4, -0.2) is 25.9 Å². The maximum atomic E-state index is 5.28. The number of rotatable bonds is 5. The molecule has 58 valence electrons. The van der Waals surface area contributed by atoms with Crippen molar-refractivity contribution in [2.24, 2.45) is 0 Å². The van der Waals surface area contributed by atoms with Crippen LogP contribution >= 0.6 is 0 Å². The fourth-order valence-electron chi connectivity index (χ4n) is 0.625. The van der Waals surface area contributed by atoms with Gasteiger partial charge in [-0.3, -0.25) is 0 Å². The SMILES string of the molecule is C=C(C)CCOCC1CO1. The zero-order valence-electron chi connectivity index (χ0n) is 6.43. The Balaban J connectivity index is 1.80. The first-order chi connectivity index (χ1) is 4.79. The highest BCUT2D eigenvalue weighted by molar-refractivity contribution is 4.87. The molecule has 1 atom stereocenters. The summed E-state index contributed by atoms with van der Waals surface area (Å²) in [4.78, 5) is 0. The van der Waals surface area contributed by atoms with Crippen LogP contribution < -0.4 is 0 Å². The summed E-state index contributed by atoms with van der Waals surface area (Å²) in [5.74, 6) is 0. The molecule has 0 radical (unpaired) electrons. The Bertz CT molecular complexity index is 116. The minimum absolute atomic E-state index is 0.394. The molecule has 2 heteroatoms. The molecular weight excluding hydrogens is 128 g/mol. The van der Waals surface area contributed by atoms with E-state index in [0.717, 1.165) is 26.2 Å². The predicted octanol–water partition coefficient (Wildman–Crippen LogP) is 1.37. The minimum Gasteiger partial charge on any atom is -0.378 e. The van der Waals surface area contributed by atoms with Crippen LogP contribution in [0.15, 0.2) is 12.2 Å². The van der Waals surface area contributed by atoms with Crippen molar-refractivity contribution in [1.82, 2.24) is 0 Å². The van der Waals surface area contributed by atoms with Gasteiger partial charge >= 0.3 is 0 Å². The summed E-state index contributed by atoms with van der Waals surface area (Å²) < 4.78 is 10.3. The summed E-state index contributed by atoms with van der Waals surface area (Å²) in [5.41, 5.74) is 1.18. The zero-order chi connectivity index (χ0) is 7.40. The van der Waals surface area contributed by atoms with Crippen LogP contribution in [0.2, 0.25) is 0 Å². The van der Waals surface area contributed by atoms with Crippen LogP contribution in [0.3, 0.4) is 0 Å². The molecule has 1 saturated heterocycles. The molecule has 0 aromatic carbocycles. The quantitative estimate of drug-likeness (QED) is 0.328. The molecule has 0 spiro atoms. The largest absolute Gasteiger partial charge is 0.378 e. The smallest absolute Gasteiger partial charge is 0.104 e. The third-order valence-electron chi connectivity index (χ3n) is 1.38. The van der Waals surface area contributed by atoms with Gasteiger partial charge in [-0.05, 0) is 13.3 Å². The summed E-state index contributed by atoms with van der Waals surface area (Å²) in [7, 11) is 0. The van der Waals surface area contributed by atoms with E-state index in [1.165, 1.54) is 5.57 Å². The molecule has 1 heterocycles. The molecule has 1 unspecified atom stereocenters. The van der Waals surface area contributed by atoms with Gasteiger partial charge in [-0.25, -0.2) is 0 Å². The number of hydrogen-bond donors (Lipinski definition) is 0. The Morgan fingerprint density at radius 3 is 3.00 bits per heavy atom. The fraction of sp³-hybridized carbons (Fsp3) is 0.750. The molecule has 0 saturated carbocycles. The van der Waals surface area contributed by atoms with Crippen molar-refractivity contribution in [3.05, 3.63) is 12.2 Å². The first kappa shape index (κ1) is 7.76. The molecule has 0 N–H and O–H groups in total. The molecular formula is C8H14O2. The van der Waals surface area contributed by atoms with Crippen LogP contribution in [0.5, 0.6) is 0 Å². The van der Waals surface area contributed by atoms with E-state index in [-0.39, 0.29) is 0 Å². The van der Waals surface area contributed by atoms with E-state index in [0.29, 0.717) is 6.10 Å². The average Bonchev–Trinajstić information content (AvgIpc) is 2.62. The van der Waals surface area contributed by atoms with E-state index < -0.39 is 0 Å². The molecule has 1 aliphatic heterocycles. The molecule has 10 heavy (non-hydrogen) atoms. The van der Waals surface area contributed by atoms with Gasteiger partial charge in [0.15, 0.2) is 0 Å². The van der Waals surface area contributed by atoms with Crippen molar-refractivity contribution in [3.63, 3.8) is 0 Å². The van der Waals surface area contributed by atoms with Crippen molar-refractivity contribution in [2.75, 3.05) is 19.8 Å². The van der Waals surface area contributed by atoms with Crippen LogP contribution in [0.1, 0.15) is 13.3 Å². The van der Waals surface area contributed by atoms with Gasteiger partial charge in [-0.2, -0.15) is 0 Å². The second kappa shape index (κ2) is 3.74. The zero-order valence-corrected chi connectivity index (χ0v) is 6.43. The average molecular weight is 142 g/mol. The lowest BCUT2D eigenvalue weighted by atomic mass is 10.3. The number of hydrogen-bond acceptors (Lipinski definition) is 2. The second-order valence-corrected chi connectivity index (χ2v) is 2.74. The van der Waals surface area contributed by atoms with Crippen molar-refractivity contribution >= 4 is 0 Å². The van der Waals surface area contributed by atoms with Crippen LogP contribution in [0.25, 0.3) is 0 Å². The Hall–Kier alpha value is -0.340. The lowest BCUT2D eigenvalue weighted by Crippen LogP contribution is -2.02. The Morgan fingerprint density at radius 1 is 1.80 bits per heavy atom. The summed E-state index contributed by atoms with van der Waals surface area (Å²) in [6.07, 6.45) is 1.36. The predicted molar refractivity (Wildman–Crippen MR) is 40.0 cm³/mol. The molecule has 2 nitrogen and oxygen atoms in total. The van der Waals surface area contributed by atoms with E-state index in [1.54, 1.807) is 0 Å². The third kappa shape index (κ3) is 3.64. The van der Waals surface area contributed by atoms with Gasteiger partial charge in [0, 0.05) is 0 Å². The van der Waals surface area contributed by atoms with Crippen LogP contribution in [0, 0.1) is 0 Å². The molecule has 1 fully saturated rings. The second-order valence-electron chi connectivity index (χ2n) is 2.74. The van der Waals surface area contributed by atoms with Crippen molar-refractivity contribution in [3.8, 4) is 0 Å². The molecule has 0 aliphatic carbocycles. The van der Waals surface area contributed by atoms with Crippen molar-refractivity contribution < 1.29 is 9.47 Å². The molecule has 0 aromatic rings. The van der Waals surface area contributed by atoms with E-state index in [1.807, 2.05) is 6.92 Å². The van der Waals surface area contributed by atoms with E-state index in [9.17, 15) is 0 Å². The van der Waals surface area contributed by atoms with Gasteiger partial charge in [-0.1, -0.05) is 5.57 Å². The van der Waals surface area contributed by atoms with E-state index in [4.69, 9.17) is 9.47 Å². The lowest BCUT2D eigenvalue weighted by Gasteiger charge is -1.99. The van der Waals surface area contributed by atoms with Gasteiger partial charge in [0.1, 0.15) is 6.10 Å². The minimum atomic E-state index is 0.394. The standard InChI is InChI=1S/C8H14O2/c1-7(2)3-4-9-5-8-6-10-8/h8H,1,3-6H2,2H3. The van der Waals surface area contributed by atoms with Gasteiger partial charge in [0.2, 0.25) is 0 Å². The Labute approximate surface area is 61.8 Å². The van der Waals surface area contributed by atoms with E-state index >= 15 is 0 Å². The fourth-order valence-corrected chi connectivity index (χ4v) is 0.625.